The van der Waals surface area contributed by atoms with Gasteiger partial charge in [-0.05, 0) is 58.0 Å². The molecule has 31 heavy (non-hydrogen) atoms. The molecule has 7 nitrogen and oxygen atoms in total. The van der Waals surface area contributed by atoms with Crippen molar-refractivity contribution in [1.82, 2.24) is 0 Å². The average molecular weight is 511 g/mol. The molecule has 0 bridgehead atoms. The number of rotatable bonds is 15. The highest BCUT2D eigenvalue weighted by Crippen LogP contribution is 2.52. The Morgan fingerprint density at radius 1 is 0.903 bits per heavy atom. The number of carbonyl (C=O) groups excluding carboxylic acids is 1. The highest BCUT2D eigenvalue weighted by atomic mass is 31.2. The van der Waals surface area contributed by atoms with Crippen LogP contribution < -0.4 is 0 Å². The lowest BCUT2D eigenvalue weighted by Gasteiger charge is -2.36. The van der Waals surface area contributed by atoms with E-state index >= 15 is 0 Å². The fourth-order valence-corrected chi connectivity index (χ4v) is 19.0. The van der Waals surface area contributed by atoms with Crippen LogP contribution in [0.5, 0.6) is 0 Å². The molecule has 0 unspecified atom stereocenters. The van der Waals surface area contributed by atoms with E-state index in [1.54, 1.807) is 6.92 Å². The SMILES string of the molecule is C=C(C)C(=O)OCCC[Si](C)(C)O[Si](C)(C)CC[Si](C)(C)CCCOP1(=O)OCCO1. The summed E-state index contributed by atoms with van der Waals surface area (Å²) in [5.74, 6) is -0.316. The predicted octanol–water partition coefficient (Wildman–Crippen LogP) is 6.19. The summed E-state index contributed by atoms with van der Waals surface area (Å²) in [6, 6.07) is 4.47. The maximum absolute atomic E-state index is 12.0. The van der Waals surface area contributed by atoms with Crippen LogP contribution in [0.3, 0.4) is 0 Å². The van der Waals surface area contributed by atoms with Crippen molar-refractivity contribution in [2.45, 2.75) is 83.2 Å². The molecule has 1 rings (SSSR count). The van der Waals surface area contributed by atoms with Gasteiger partial charge in [-0.3, -0.25) is 13.6 Å². The Bertz CT molecular complexity index is 643. The Balaban J connectivity index is 2.32. The van der Waals surface area contributed by atoms with Crippen LogP contribution in [0, 0.1) is 0 Å². The molecule has 0 amide bonds. The molecular weight excluding hydrogens is 467 g/mol. The second-order valence-electron chi connectivity index (χ2n) is 10.4. The number of phosphoric acid groups is 1. The molecule has 1 saturated heterocycles. The number of hydrogen-bond acceptors (Lipinski definition) is 7. The van der Waals surface area contributed by atoms with E-state index in [4.69, 9.17) is 22.4 Å². The van der Waals surface area contributed by atoms with E-state index in [1.165, 1.54) is 6.04 Å². The maximum atomic E-state index is 12.0. The highest BCUT2D eigenvalue weighted by Gasteiger charge is 2.35. The van der Waals surface area contributed by atoms with Crippen molar-refractivity contribution in [2.75, 3.05) is 26.4 Å². The van der Waals surface area contributed by atoms with Crippen LogP contribution in [0.4, 0.5) is 0 Å². The van der Waals surface area contributed by atoms with Gasteiger partial charge in [-0.25, -0.2) is 9.36 Å². The third-order valence-corrected chi connectivity index (χ3v) is 18.0. The lowest BCUT2D eigenvalue weighted by molar-refractivity contribution is -0.138. The van der Waals surface area contributed by atoms with Gasteiger partial charge >= 0.3 is 13.8 Å². The molecule has 0 aromatic carbocycles. The summed E-state index contributed by atoms with van der Waals surface area (Å²) in [7, 11) is -8.23. The molecule has 0 N–H and O–H groups in total. The van der Waals surface area contributed by atoms with E-state index < -0.39 is 32.5 Å². The fraction of sp³-hybridized carbons (Fsp3) is 0.850. The standard InChI is InChI=1S/C20H43O7PSi3/c1-19(2)20(21)23-11-9-16-30(5,6)27-31(7,8)18-17-29(3,4)15-10-12-24-28(22)25-13-14-26-28/h1,9-18H2,2-8H3. The van der Waals surface area contributed by atoms with Gasteiger partial charge in [-0.15, -0.1) is 0 Å². The van der Waals surface area contributed by atoms with Crippen molar-refractivity contribution in [2.24, 2.45) is 0 Å². The van der Waals surface area contributed by atoms with Crippen LogP contribution in [0.1, 0.15) is 19.8 Å². The van der Waals surface area contributed by atoms with Crippen molar-refractivity contribution in [1.29, 1.82) is 0 Å². The fourth-order valence-electron chi connectivity index (χ4n) is 3.54. The minimum absolute atomic E-state index is 0.316. The molecule has 0 aromatic heterocycles. The van der Waals surface area contributed by atoms with Gasteiger partial charge in [-0.2, -0.15) is 0 Å². The van der Waals surface area contributed by atoms with Crippen LogP contribution in [-0.4, -0.2) is 57.1 Å². The molecule has 1 fully saturated rings. The molecule has 182 valence electrons. The molecular formula is C20H43O7PSi3. The first kappa shape index (κ1) is 29.0. The van der Waals surface area contributed by atoms with Gasteiger partial charge in [0.05, 0.1) is 26.4 Å². The predicted molar refractivity (Wildman–Crippen MR) is 133 cm³/mol. The molecule has 0 radical (unpaired) electrons. The van der Waals surface area contributed by atoms with Gasteiger partial charge in [0.25, 0.3) is 0 Å². The van der Waals surface area contributed by atoms with Gasteiger partial charge < -0.3 is 8.85 Å². The number of esters is 1. The van der Waals surface area contributed by atoms with Crippen molar-refractivity contribution < 1.29 is 31.8 Å². The summed E-state index contributed by atoms with van der Waals surface area (Å²) in [5, 5.41) is 0. The van der Waals surface area contributed by atoms with Gasteiger partial charge in [0.2, 0.25) is 0 Å². The summed E-state index contributed by atoms with van der Waals surface area (Å²) in [6.45, 7) is 20.8. The molecule has 0 aromatic rings. The zero-order valence-electron chi connectivity index (χ0n) is 20.6. The minimum Gasteiger partial charge on any atom is -0.462 e. The zero-order chi connectivity index (χ0) is 23.8. The Morgan fingerprint density at radius 2 is 1.45 bits per heavy atom. The Hall–Kier alpha value is -0.0694. The second kappa shape index (κ2) is 12.4. The van der Waals surface area contributed by atoms with Gasteiger partial charge in [-0.1, -0.05) is 31.8 Å². The molecule has 0 saturated carbocycles. The van der Waals surface area contributed by atoms with Gasteiger partial charge in [0.15, 0.2) is 16.6 Å². The Kier molecular flexibility index (Phi) is 11.6. The molecule has 0 atom stereocenters. The highest BCUT2D eigenvalue weighted by molar-refractivity contribution is 7.48. The number of hydrogen-bond donors (Lipinski definition) is 0. The van der Waals surface area contributed by atoms with E-state index in [2.05, 4.69) is 45.9 Å². The van der Waals surface area contributed by atoms with E-state index in [0.717, 1.165) is 31.0 Å². The third-order valence-electron chi connectivity index (χ3n) is 5.29. The quantitative estimate of drug-likeness (QED) is 0.0854. The Labute approximate surface area is 192 Å². The molecule has 0 spiro atoms. The van der Waals surface area contributed by atoms with Crippen molar-refractivity contribution in [3.05, 3.63) is 12.2 Å². The van der Waals surface area contributed by atoms with Crippen LogP contribution in [-0.2, 0) is 31.8 Å². The van der Waals surface area contributed by atoms with Crippen LogP contribution in [0.2, 0.25) is 63.5 Å². The first-order valence-electron chi connectivity index (χ1n) is 11.2. The molecule has 11 heteroatoms. The zero-order valence-corrected chi connectivity index (χ0v) is 24.5. The lowest BCUT2D eigenvalue weighted by Crippen LogP contribution is -2.45. The monoisotopic (exact) mass is 510 g/mol. The topological polar surface area (TPSA) is 80.3 Å². The van der Waals surface area contributed by atoms with Crippen LogP contribution >= 0.6 is 7.82 Å². The summed E-state index contributed by atoms with van der Waals surface area (Å²) < 4.78 is 39.4. The smallest absolute Gasteiger partial charge is 0.462 e. The van der Waals surface area contributed by atoms with Crippen molar-refractivity contribution in [3.8, 4) is 0 Å². The summed E-state index contributed by atoms with van der Waals surface area (Å²) in [6.07, 6.45) is 1.71. The lowest BCUT2D eigenvalue weighted by atomic mass is 10.4. The summed E-state index contributed by atoms with van der Waals surface area (Å²) >= 11 is 0. The normalized spacial score (nSPS) is 17.0. The minimum atomic E-state index is -3.27. The van der Waals surface area contributed by atoms with Crippen molar-refractivity contribution in [3.63, 3.8) is 0 Å². The first-order valence-corrected chi connectivity index (χ1v) is 22.3. The van der Waals surface area contributed by atoms with Crippen LogP contribution in [0.15, 0.2) is 12.2 Å². The summed E-state index contributed by atoms with van der Waals surface area (Å²) in [5.41, 5.74) is 0.439. The molecule has 1 heterocycles. The number of phosphoric ester groups is 1. The largest absolute Gasteiger partial charge is 0.474 e. The maximum Gasteiger partial charge on any atom is 0.474 e. The average Bonchev–Trinajstić information content (AvgIpc) is 3.07. The molecule has 1 aliphatic rings. The molecule has 1 aliphatic heterocycles. The second-order valence-corrected chi connectivity index (χ2v) is 26.2. The van der Waals surface area contributed by atoms with Crippen LogP contribution in [0.25, 0.3) is 0 Å². The van der Waals surface area contributed by atoms with E-state index in [-0.39, 0.29) is 5.97 Å². The van der Waals surface area contributed by atoms with Gasteiger partial charge in [0, 0.05) is 13.6 Å². The first-order chi connectivity index (χ1) is 14.2. The number of ether oxygens (including phenoxy) is 1. The van der Waals surface area contributed by atoms with E-state index in [9.17, 15) is 9.36 Å². The molecule has 0 aliphatic carbocycles. The third kappa shape index (κ3) is 12.7. The number of carbonyl (C=O) groups is 1. The van der Waals surface area contributed by atoms with E-state index in [1.807, 2.05) is 0 Å². The van der Waals surface area contributed by atoms with E-state index in [0.29, 0.717) is 32.0 Å². The Morgan fingerprint density at radius 3 is 2.03 bits per heavy atom. The van der Waals surface area contributed by atoms with Gasteiger partial charge in [0.1, 0.15) is 0 Å². The van der Waals surface area contributed by atoms with Crippen molar-refractivity contribution >= 4 is 38.5 Å². The summed E-state index contributed by atoms with van der Waals surface area (Å²) in [4.78, 5) is 11.5.